The standard InChI is InChI=1S/C41H28N4.C2H6/c1-27-23-36(43-41(42-27)28-13-3-2-4-14-28)29-24-30(44-37-19-9-5-15-32(37)33-16-6-10-20-38(33)44)26-31(25-29)45-39-21-11-7-17-34(39)35-18-8-12-22-40(35)45;1-2/h2-26H,1H3;1-2H3. The number of nitrogens with zero attached hydrogens (tertiary/aromatic N) is 4. The summed E-state index contributed by atoms with van der Waals surface area (Å²) in [6.07, 6.45) is 0. The van der Waals surface area contributed by atoms with Gasteiger partial charge in [0.1, 0.15) is 0 Å². The van der Waals surface area contributed by atoms with Gasteiger partial charge in [0.05, 0.1) is 27.8 Å². The Hall–Kier alpha value is -6.00. The van der Waals surface area contributed by atoms with E-state index in [1.807, 2.05) is 39.0 Å². The van der Waals surface area contributed by atoms with Gasteiger partial charge < -0.3 is 9.13 Å². The van der Waals surface area contributed by atoms with Gasteiger partial charge in [-0.05, 0) is 55.5 Å². The fraction of sp³-hybridized carbons (Fsp3) is 0.0698. The largest absolute Gasteiger partial charge is 0.309 e. The van der Waals surface area contributed by atoms with E-state index in [-0.39, 0.29) is 0 Å². The molecule has 9 rings (SSSR count). The maximum atomic E-state index is 5.14. The molecular weight excluding hydrogens is 573 g/mol. The maximum Gasteiger partial charge on any atom is 0.160 e. The van der Waals surface area contributed by atoms with Crippen LogP contribution in [-0.4, -0.2) is 19.1 Å². The van der Waals surface area contributed by atoms with Gasteiger partial charge in [-0.25, -0.2) is 9.97 Å². The first kappa shape index (κ1) is 28.5. The Balaban J connectivity index is 0.00000159. The van der Waals surface area contributed by atoms with Crippen molar-refractivity contribution in [1.82, 2.24) is 19.1 Å². The lowest BCUT2D eigenvalue weighted by atomic mass is 10.1. The van der Waals surface area contributed by atoms with Crippen molar-refractivity contribution in [3.63, 3.8) is 0 Å². The Morgan fingerprint density at radius 2 is 0.809 bits per heavy atom. The molecule has 9 aromatic rings. The van der Waals surface area contributed by atoms with Crippen molar-refractivity contribution in [2.24, 2.45) is 0 Å². The Bertz CT molecular complexity index is 2320. The summed E-state index contributed by atoms with van der Waals surface area (Å²) in [5.74, 6) is 0.728. The van der Waals surface area contributed by atoms with Crippen LogP contribution in [0.2, 0.25) is 0 Å². The van der Waals surface area contributed by atoms with Gasteiger partial charge in [-0.2, -0.15) is 0 Å². The van der Waals surface area contributed by atoms with Crippen LogP contribution in [0.3, 0.4) is 0 Å². The molecule has 0 aliphatic heterocycles. The lowest BCUT2D eigenvalue weighted by Crippen LogP contribution is -2.01. The molecule has 0 bridgehead atoms. The molecule has 0 saturated heterocycles. The second kappa shape index (κ2) is 11.7. The van der Waals surface area contributed by atoms with Crippen LogP contribution in [0.1, 0.15) is 19.5 Å². The Kier molecular flexibility index (Phi) is 7.11. The van der Waals surface area contributed by atoms with Gasteiger partial charge in [-0.3, -0.25) is 0 Å². The van der Waals surface area contributed by atoms with Crippen molar-refractivity contribution in [1.29, 1.82) is 0 Å². The average Bonchev–Trinajstić information content (AvgIpc) is 3.66. The third-order valence-electron chi connectivity index (χ3n) is 8.76. The van der Waals surface area contributed by atoms with Crippen molar-refractivity contribution < 1.29 is 0 Å². The van der Waals surface area contributed by atoms with Crippen molar-refractivity contribution in [2.45, 2.75) is 20.8 Å². The highest BCUT2D eigenvalue weighted by Crippen LogP contribution is 2.37. The molecular formula is C43H34N4. The third-order valence-corrected chi connectivity index (χ3v) is 8.76. The predicted molar refractivity (Wildman–Crippen MR) is 198 cm³/mol. The Labute approximate surface area is 274 Å². The number of hydrogen-bond donors (Lipinski definition) is 0. The molecule has 0 aliphatic rings. The molecule has 0 unspecified atom stereocenters. The summed E-state index contributed by atoms with van der Waals surface area (Å²) in [4.78, 5) is 9.96. The fourth-order valence-corrected chi connectivity index (χ4v) is 6.84. The van der Waals surface area contributed by atoms with Crippen LogP contribution in [0, 0.1) is 6.92 Å². The van der Waals surface area contributed by atoms with Crippen LogP contribution < -0.4 is 0 Å². The zero-order chi connectivity index (χ0) is 31.9. The van der Waals surface area contributed by atoms with E-state index in [1.54, 1.807) is 0 Å². The van der Waals surface area contributed by atoms with Crippen LogP contribution >= 0.6 is 0 Å². The van der Waals surface area contributed by atoms with Gasteiger partial charge >= 0.3 is 0 Å². The molecule has 0 saturated carbocycles. The smallest absolute Gasteiger partial charge is 0.160 e. The fourth-order valence-electron chi connectivity index (χ4n) is 6.84. The topological polar surface area (TPSA) is 35.6 Å². The summed E-state index contributed by atoms with van der Waals surface area (Å²) in [5, 5.41) is 4.95. The van der Waals surface area contributed by atoms with E-state index >= 15 is 0 Å². The van der Waals surface area contributed by atoms with Crippen LogP contribution in [0.25, 0.3) is 77.6 Å². The maximum absolute atomic E-state index is 5.14. The molecule has 0 amide bonds. The Morgan fingerprint density at radius 1 is 0.404 bits per heavy atom. The first-order valence-corrected chi connectivity index (χ1v) is 16.3. The van der Waals surface area contributed by atoms with Gasteiger partial charge in [0, 0.05) is 49.7 Å². The average molecular weight is 607 g/mol. The normalized spacial score (nSPS) is 11.3. The molecule has 0 aliphatic carbocycles. The van der Waals surface area contributed by atoms with E-state index in [0.717, 1.165) is 39.7 Å². The minimum absolute atomic E-state index is 0.728. The molecule has 0 N–H and O–H groups in total. The van der Waals surface area contributed by atoms with Gasteiger partial charge in [0.25, 0.3) is 0 Å². The van der Waals surface area contributed by atoms with E-state index in [0.29, 0.717) is 0 Å². The molecule has 0 spiro atoms. The minimum Gasteiger partial charge on any atom is -0.309 e. The summed E-state index contributed by atoms with van der Waals surface area (Å²) in [6.45, 7) is 6.04. The van der Waals surface area contributed by atoms with Crippen LogP contribution in [0.5, 0.6) is 0 Å². The quantitative estimate of drug-likeness (QED) is 0.200. The second-order valence-electron chi connectivity index (χ2n) is 11.6. The molecule has 3 aromatic heterocycles. The molecule has 6 aromatic carbocycles. The SMILES string of the molecule is CC.Cc1cc(-c2cc(-n3c4ccccc4c4ccccc43)cc(-n3c4ccccc4c4ccccc43)c2)nc(-c2ccccc2)n1. The first-order chi connectivity index (χ1) is 23.2. The van der Waals surface area contributed by atoms with E-state index in [1.165, 1.54) is 43.6 Å². The van der Waals surface area contributed by atoms with Crippen molar-refractivity contribution in [3.05, 3.63) is 157 Å². The molecule has 0 atom stereocenters. The first-order valence-electron chi connectivity index (χ1n) is 16.3. The van der Waals surface area contributed by atoms with Gasteiger partial charge in [-0.15, -0.1) is 0 Å². The van der Waals surface area contributed by atoms with Gasteiger partial charge in [-0.1, -0.05) is 117 Å². The van der Waals surface area contributed by atoms with Crippen LogP contribution in [0.4, 0.5) is 0 Å². The lowest BCUT2D eigenvalue weighted by molar-refractivity contribution is 1.10. The number of rotatable bonds is 4. The van der Waals surface area contributed by atoms with E-state index in [4.69, 9.17) is 9.97 Å². The Morgan fingerprint density at radius 3 is 1.26 bits per heavy atom. The molecule has 3 heterocycles. The summed E-state index contributed by atoms with van der Waals surface area (Å²) in [5.41, 5.74) is 10.7. The predicted octanol–water partition coefficient (Wildman–Crippen LogP) is 11.3. The highest BCUT2D eigenvalue weighted by Gasteiger charge is 2.18. The molecule has 4 nitrogen and oxygen atoms in total. The summed E-state index contributed by atoms with van der Waals surface area (Å²) >= 11 is 0. The number of para-hydroxylation sites is 4. The number of aromatic nitrogens is 4. The van der Waals surface area contributed by atoms with Gasteiger partial charge in [0.2, 0.25) is 0 Å². The highest BCUT2D eigenvalue weighted by atomic mass is 15.0. The number of aryl methyl sites for hydroxylation is 1. The van der Waals surface area contributed by atoms with Crippen LogP contribution in [-0.2, 0) is 0 Å². The van der Waals surface area contributed by atoms with Crippen molar-refractivity contribution >= 4 is 43.6 Å². The summed E-state index contributed by atoms with van der Waals surface area (Å²) in [6, 6.07) is 53.8. The number of hydrogen-bond acceptors (Lipinski definition) is 2. The monoisotopic (exact) mass is 606 g/mol. The molecule has 47 heavy (non-hydrogen) atoms. The van der Waals surface area contributed by atoms with Crippen LogP contribution in [0.15, 0.2) is 152 Å². The summed E-state index contributed by atoms with van der Waals surface area (Å²) in [7, 11) is 0. The molecule has 226 valence electrons. The van der Waals surface area contributed by atoms with Crippen molar-refractivity contribution in [2.75, 3.05) is 0 Å². The minimum atomic E-state index is 0.728. The van der Waals surface area contributed by atoms with E-state index in [9.17, 15) is 0 Å². The van der Waals surface area contributed by atoms with E-state index in [2.05, 4.69) is 143 Å². The third kappa shape index (κ3) is 4.77. The van der Waals surface area contributed by atoms with Crippen molar-refractivity contribution in [3.8, 4) is 34.0 Å². The number of benzene rings is 6. The van der Waals surface area contributed by atoms with E-state index < -0.39 is 0 Å². The zero-order valence-electron chi connectivity index (χ0n) is 26.7. The molecule has 0 radical (unpaired) electrons. The molecule has 4 heteroatoms. The zero-order valence-corrected chi connectivity index (χ0v) is 26.7. The van der Waals surface area contributed by atoms with Gasteiger partial charge in [0.15, 0.2) is 5.82 Å². The number of fused-ring (bicyclic) bond motifs is 6. The molecule has 0 fully saturated rings. The second-order valence-corrected chi connectivity index (χ2v) is 11.6. The summed E-state index contributed by atoms with van der Waals surface area (Å²) < 4.78 is 4.77. The lowest BCUT2D eigenvalue weighted by Gasteiger charge is -2.16. The highest BCUT2D eigenvalue weighted by molar-refractivity contribution is 6.10.